The van der Waals surface area contributed by atoms with Gasteiger partial charge in [0.25, 0.3) is 0 Å². The van der Waals surface area contributed by atoms with Crippen molar-refractivity contribution < 1.29 is 9.26 Å². The fraction of sp³-hybridized carbons (Fsp3) is 0.474. The van der Waals surface area contributed by atoms with Crippen molar-refractivity contribution in [3.8, 4) is 0 Å². The number of hydrogen-bond donors (Lipinski definition) is 1. The zero-order valence-corrected chi connectivity index (χ0v) is 15.5. The number of aromatic nitrogens is 1. The lowest BCUT2D eigenvalue weighted by Gasteiger charge is -2.36. The number of piperazine rings is 1. The Morgan fingerprint density at radius 2 is 1.96 bits per heavy atom. The summed E-state index contributed by atoms with van der Waals surface area (Å²) in [5.74, 6) is 0.943. The minimum atomic E-state index is 0.622. The number of ether oxygens (including phenoxy) is 1. The second kappa shape index (κ2) is 9.35. The molecule has 0 saturated carbocycles. The number of nitrogens with zero attached hydrogens (tertiary/aromatic N) is 4. The zero-order valence-electron chi connectivity index (χ0n) is 15.5. The molecule has 1 aromatic heterocycles. The first-order chi connectivity index (χ1) is 12.8. The molecule has 140 valence electrons. The van der Waals surface area contributed by atoms with Crippen molar-refractivity contribution in [2.24, 2.45) is 4.99 Å². The molecule has 1 N–H and O–H groups in total. The fourth-order valence-electron chi connectivity index (χ4n) is 3.20. The van der Waals surface area contributed by atoms with Crippen molar-refractivity contribution in [2.45, 2.75) is 19.7 Å². The van der Waals surface area contributed by atoms with Gasteiger partial charge in [-0.3, -0.25) is 9.89 Å². The summed E-state index contributed by atoms with van der Waals surface area (Å²) in [5.41, 5.74) is 3.42. The molecule has 3 rings (SSSR count). The number of benzene rings is 1. The van der Waals surface area contributed by atoms with E-state index in [1.165, 1.54) is 11.1 Å². The molecule has 2 heterocycles. The topological polar surface area (TPSA) is 66.1 Å². The van der Waals surface area contributed by atoms with E-state index in [2.05, 4.69) is 43.5 Å². The number of hydrogen-bond acceptors (Lipinski definition) is 5. The number of guanidine groups is 1. The molecule has 1 aliphatic rings. The summed E-state index contributed by atoms with van der Waals surface area (Å²) in [5, 5.41) is 7.48. The van der Waals surface area contributed by atoms with Crippen LogP contribution in [0.2, 0.25) is 0 Å². The Morgan fingerprint density at radius 3 is 2.62 bits per heavy atom. The van der Waals surface area contributed by atoms with Gasteiger partial charge in [0.2, 0.25) is 0 Å². The summed E-state index contributed by atoms with van der Waals surface area (Å²) in [4.78, 5) is 9.15. The van der Waals surface area contributed by atoms with E-state index in [0.29, 0.717) is 6.61 Å². The van der Waals surface area contributed by atoms with Crippen LogP contribution in [0.25, 0.3) is 0 Å². The predicted octanol–water partition coefficient (Wildman–Crippen LogP) is 1.71. The number of aliphatic imine (C=N–C) groups is 1. The van der Waals surface area contributed by atoms with E-state index in [1.807, 2.05) is 19.2 Å². The third kappa shape index (κ3) is 4.83. The molecule has 1 aromatic carbocycles. The Morgan fingerprint density at radius 1 is 1.19 bits per heavy atom. The van der Waals surface area contributed by atoms with E-state index in [9.17, 15) is 0 Å². The number of nitrogens with one attached hydrogen (secondary N) is 1. The van der Waals surface area contributed by atoms with Gasteiger partial charge in [-0.2, -0.15) is 0 Å². The SMILES string of the molecule is CN=C(NCc1ccccc1COC)N1CCN(Cc2ccon2)CC1. The van der Waals surface area contributed by atoms with Crippen LogP contribution in [0.15, 0.2) is 46.1 Å². The van der Waals surface area contributed by atoms with Gasteiger partial charge in [-0.05, 0) is 11.1 Å². The molecule has 7 nitrogen and oxygen atoms in total. The highest BCUT2D eigenvalue weighted by Crippen LogP contribution is 2.11. The smallest absolute Gasteiger partial charge is 0.194 e. The van der Waals surface area contributed by atoms with Crippen molar-refractivity contribution in [1.82, 2.24) is 20.3 Å². The average molecular weight is 357 g/mol. The zero-order chi connectivity index (χ0) is 18.2. The van der Waals surface area contributed by atoms with Crippen LogP contribution in [-0.4, -0.2) is 61.3 Å². The number of methoxy groups -OCH3 is 1. The standard InChI is InChI=1S/C19H27N5O2/c1-20-19(21-13-16-5-3-4-6-17(16)15-25-2)24-10-8-23(9-11-24)14-18-7-12-26-22-18/h3-7,12H,8-11,13-15H2,1-2H3,(H,20,21). The highest BCUT2D eigenvalue weighted by atomic mass is 16.5. The van der Waals surface area contributed by atoms with Crippen molar-refractivity contribution in [2.75, 3.05) is 40.3 Å². The van der Waals surface area contributed by atoms with E-state index in [4.69, 9.17) is 9.26 Å². The van der Waals surface area contributed by atoms with Crippen LogP contribution in [-0.2, 0) is 24.4 Å². The minimum Gasteiger partial charge on any atom is -0.380 e. The molecule has 2 aromatic rings. The van der Waals surface area contributed by atoms with Gasteiger partial charge in [0.05, 0.1) is 12.3 Å². The molecule has 0 radical (unpaired) electrons. The van der Waals surface area contributed by atoms with Gasteiger partial charge in [-0.15, -0.1) is 0 Å². The van der Waals surface area contributed by atoms with Crippen molar-refractivity contribution in [3.05, 3.63) is 53.4 Å². The van der Waals surface area contributed by atoms with E-state index in [0.717, 1.165) is 50.9 Å². The first kappa shape index (κ1) is 18.4. The lowest BCUT2D eigenvalue weighted by Crippen LogP contribution is -2.52. The summed E-state index contributed by atoms with van der Waals surface area (Å²) in [7, 11) is 3.56. The highest BCUT2D eigenvalue weighted by Gasteiger charge is 2.20. The molecule has 1 fully saturated rings. The lowest BCUT2D eigenvalue weighted by molar-refractivity contribution is 0.169. The molecule has 0 bridgehead atoms. The molecule has 1 saturated heterocycles. The Balaban J connectivity index is 1.51. The molecular weight excluding hydrogens is 330 g/mol. The van der Waals surface area contributed by atoms with Crippen LogP contribution in [0, 0.1) is 0 Å². The van der Waals surface area contributed by atoms with E-state index in [-0.39, 0.29) is 0 Å². The van der Waals surface area contributed by atoms with Gasteiger partial charge in [0.15, 0.2) is 5.96 Å². The third-order valence-corrected chi connectivity index (χ3v) is 4.62. The first-order valence-corrected chi connectivity index (χ1v) is 8.93. The summed E-state index contributed by atoms with van der Waals surface area (Å²) < 4.78 is 10.2. The first-order valence-electron chi connectivity index (χ1n) is 8.93. The van der Waals surface area contributed by atoms with Crippen LogP contribution in [0.1, 0.15) is 16.8 Å². The van der Waals surface area contributed by atoms with Crippen LogP contribution >= 0.6 is 0 Å². The van der Waals surface area contributed by atoms with Crippen LogP contribution in [0.4, 0.5) is 0 Å². The number of rotatable bonds is 6. The van der Waals surface area contributed by atoms with Crippen LogP contribution in [0.5, 0.6) is 0 Å². The second-order valence-corrected chi connectivity index (χ2v) is 6.36. The summed E-state index contributed by atoms with van der Waals surface area (Å²) >= 11 is 0. The third-order valence-electron chi connectivity index (χ3n) is 4.62. The van der Waals surface area contributed by atoms with Crippen molar-refractivity contribution >= 4 is 5.96 Å². The van der Waals surface area contributed by atoms with Crippen molar-refractivity contribution in [3.63, 3.8) is 0 Å². The van der Waals surface area contributed by atoms with E-state index < -0.39 is 0 Å². The Labute approximate surface area is 154 Å². The molecule has 0 atom stereocenters. The maximum absolute atomic E-state index is 5.29. The van der Waals surface area contributed by atoms with Gasteiger partial charge in [-0.1, -0.05) is 29.4 Å². The summed E-state index contributed by atoms with van der Waals surface area (Å²) in [6, 6.07) is 10.3. The monoisotopic (exact) mass is 357 g/mol. The van der Waals surface area contributed by atoms with Crippen molar-refractivity contribution in [1.29, 1.82) is 0 Å². The molecule has 0 spiro atoms. The van der Waals surface area contributed by atoms with Crippen LogP contribution in [0.3, 0.4) is 0 Å². The maximum atomic E-state index is 5.29. The van der Waals surface area contributed by atoms with Gasteiger partial charge < -0.3 is 19.5 Å². The molecular formula is C19H27N5O2. The Kier molecular flexibility index (Phi) is 6.62. The quantitative estimate of drug-likeness (QED) is 0.627. The highest BCUT2D eigenvalue weighted by molar-refractivity contribution is 5.80. The maximum Gasteiger partial charge on any atom is 0.194 e. The van der Waals surface area contributed by atoms with Gasteiger partial charge in [-0.25, -0.2) is 0 Å². The Hall–Kier alpha value is -2.38. The average Bonchev–Trinajstić information content (AvgIpc) is 3.18. The summed E-state index contributed by atoms with van der Waals surface area (Å²) in [6.07, 6.45) is 1.62. The molecule has 7 heteroatoms. The Bertz CT molecular complexity index is 694. The fourth-order valence-corrected chi connectivity index (χ4v) is 3.20. The molecule has 0 unspecified atom stereocenters. The normalized spacial score (nSPS) is 16.1. The summed E-state index contributed by atoms with van der Waals surface area (Å²) in [6.45, 7) is 6.04. The molecule has 1 aliphatic heterocycles. The second-order valence-electron chi connectivity index (χ2n) is 6.36. The minimum absolute atomic E-state index is 0.622. The van der Waals surface area contributed by atoms with Gasteiger partial charge in [0, 0.05) is 59.5 Å². The van der Waals surface area contributed by atoms with Crippen LogP contribution < -0.4 is 5.32 Å². The van der Waals surface area contributed by atoms with Gasteiger partial charge in [0.1, 0.15) is 6.26 Å². The molecule has 0 amide bonds. The predicted molar refractivity (Wildman–Crippen MR) is 101 cm³/mol. The molecule has 26 heavy (non-hydrogen) atoms. The van der Waals surface area contributed by atoms with E-state index >= 15 is 0 Å². The van der Waals surface area contributed by atoms with Gasteiger partial charge >= 0.3 is 0 Å². The van der Waals surface area contributed by atoms with E-state index in [1.54, 1.807) is 13.4 Å². The lowest BCUT2D eigenvalue weighted by atomic mass is 10.1. The molecule has 0 aliphatic carbocycles. The largest absolute Gasteiger partial charge is 0.380 e.